The van der Waals surface area contributed by atoms with E-state index in [2.05, 4.69) is 22.4 Å². The summed E-state index contributed by atoms with van der Waals surface area (Å²) in [5.74, 6) is 2.94. The summed E-state index contributed by atoms with van der Waals surface area (Å²) in [6.07, 6.45) is 8.78. The van der Waals surface area contributed by atoms with Crippen molar-refractivity contribution in [3.8, 4) is 10.6 Å². The molecule has 1 aromatic heterocycles. The van der Waals surface area contributed by atoms with Gasteiger partial charge in [0.25, 0.3) is 0 Å². The second kappa shape index (κ2) is 6.49. The molecule has 0 unspecified atom stereocenters. The lowest BCUT2D eigenvalue weighted by Crippen LogP contribution is -2.51. The number of nitrogens with zero attached hydrogens (tertiary/aromatic N) is 1. The van der Waals surface area contributed by atoms with Gasteiger partial charge in [0.1, 0.15) is 5.01 Å². The van der Waals surface area contributed by atoms with E-state index in [9.17, 15) is 4.79 Å². The number of carbonyl (C=O) groups excluding carboxylic acids is 1. The number of hydrogen-bond donors (Lipinski definition) is 1. The predicted octanol–water partition coefficient (Wildman–Crippen LogP) is 4.69. The molecule has 1 N–H and O–H groups in total. The molecule has 1 aromatic carbocycles. The third-order valence-electron chi connectivity index (χ3n) is 6.74. The molecule has 6 rings (SSSR count). The average molecular weight is 367 g/mol. The van der Waals surface area contributed by atoms with Gasteiger partial charge < -0.3 is 5.32 Å². The number of thiazole rings is 1. The van der Waals surface area contributed by atoms with E-state index in [-0.39, 0.29) is 5.91 Å². The van der Waals surface area contributed by atoms with Crippen molar-refractivity contribution in [1.82, 2.24) is 10.3 Å². The normalized spacial score (nSPS) is 31.9. The van der Waals surface area contributed by atoms with Gasteiger partial charge in [0.15, 0.2) is 0 Å². The number of nitrogens with one attached hydrogen (secondary N) is 1. The van der Waals surface area contributed by atoms with Gasteiger partial charge in [0.05, 0.1) is 12.1 Å². The Balaban J connectivity index is 1.19. The Labute approximate surface area is 159 Å². The summed E-state index contributed by atoms with van der Waals surface area (Å²) in [5.41, 5.74) is 2.41. The van der Waals surface area contributed by atoms with Crippen molar-refractivity contribution < 1.29 is 4.79 Å². The molecule has 4 saturated carbocycles. The summed E-state index contributed by atoms with van der Waals surface area (Å²) in [6, 6.07) is 10.2. The minimum atomic E-state index is 0.130. The summed E-state index contributed by atoms with van der Waals surface area (Å²) in [6.45, 7) is 0.880. The van der Waals surface area contributed by atoms with Crippen molar-refractivity contribution in [2.75, 3.05) is 6.54 Å². The van der Waals surface area contributed by atoms with Crippen molar-refractivity contribution in [3.63, 3.8) is 0 Å². The first-order chi connectivity index (χ1) is 12.7. The molecule has 0 aliphatic heterocycles. The first kappa shape index (κ1) is 16.5. The number of benzene rings is 1. The molecule has 4 aliphatic rings. The monoisotopic (exact) mass is 366 g/mol. The van der Waals surface area contributed by atoms with Crippen LogP contribution in [0.25, 0.3) is 10.6 Å². The highest BCUT2D eigenvalue weighted by atomic mass is 32.1. The Morgan fingerprint density at radius 3 is 2.38 bits per heavy atom. The van der Waals surface area contributed by atoms with Gasteiger partial charge in [0, 0.05) is 17.5 Å². The zero-order chi connectivity index (χ0) is 17.6. The Bertz CT molecular complexity index is 762. The lowest BCUT2D eigenvalue weighted by atomic mass is 9.49. The molecule has 0 spiro atoms. The number of hydrogen-bond acceptors (Lipinski definition) is 3. The Kier molecular flexibility index (Phi) is 4.11. The van der Waals surface area contributed by atoms with Gasteiger partial charge in [-0.15, -0.1) is 11.3 Å². The lowest BCUT2D eigenvalue weighted by Gasteiger charge is -2.56. The van der Waals surface area contributed by atoms with Crippen molar-refractivity contribution in [2.45, 2.75) is 44.9 Å². The van der Waals surface area contributed by atoms with Crippen LogP contribution in [0.1, 0.15) is 44.2 Å². The molecular weight excluding hydrogens is 340 g/mol. The van der Waals surface area contributed by atoms with Crippen LogP contribution in [0.15, 0.2) is 35.7 Å². The fourth-order valence-electron chi connectivity index (χ4n) is 6.12. The highest BCUT2D eigenvalue weighted by molar-refractivity contribution is 7.13. The third kappa shape index (κ3) is 3.20. The molecule has 0 radical (unpaired) electrons. The van der Waals surface area contributed by atoms with E-state index in [1.54, 1.807) is 11.3 Å². The highest BCUT2D eigenvalue weighted by Crippen LogP contribution is 2.59. The van der Waals surface area contributed by atoms with Crippen LogP contribution in [-0.2, 0) is 11.2 Å². The summed E-state index contributed by atoms with van der Waals surface area (Å²) >= 11 is 1.62. The SMILES string of the molecule is O=C(Cc1csc(-c2ccccc2)n1)NCC12CC3CC(CC(C3)C1)C2. The summed E-state index contributed by atoms with van der Waals surface area (Å²) in [5, 5.41) is 6.28. The summed E-state index contributed by atoms with van der Waals surface area (Å²) in [7, 11) is 0. The molecule has 3 nitrogen and oxygen atoms in total. The van der Waals surface area contributed by atoms with Crippen LogP contribution >= 0.6 is 11.3 Å². The zero-order valence-corrected chi connectivity index (χ0v) is 15.9. The van der Waals surface area contributed by atoms with Crippen LogP contribution in [0.5, 0.6) is 0 Å². The summed E-state index contributed by atoms with van der Waals surface area (Å²) in [4.78, 5) is 17.2. The van der Waals surface area contributed by atoms with Crippen molar-refractivity contribution in [1.29, 1.82) is 0 Å². The molecule has 0 saturated heterocycles. The second-order valence-corrected chi connectivity index (χ2v) is 9.74. The van der Waals surface area contributed by atoms with Gasteiger partial charge in [-0.25, -0.2) is 4.98 Å². The van der Waals surface area contributed by atoms with Gasteiger partial charge in [0.2, 0.25) is 5.91 Å². The van der Waals surface area contributed by atoms with E-state index >= 15 is 0 Å². The molecule has 4 fully saturated rings. The van der Waals surface area contributed by atoms with Crippen LogP contribution in [0.2, 0.25) is 0 Å². The Morgan fingerprint density at radius 1 is 1.08 bits per heavy atom. The molecule has 2 aromatic rings. The van der Waals surface area contributed by atoms with Crippen molar-refractivity contribution in [2.24, 2.45) is 23.2 Å². The maximum atomic E-state index is 12.5. The fraction of sp³-hybridized carbons (Fsp3) is 0.545. The van der Waals surface area contributed by atoms with E-state index in [1.807, 2.05) is 23.6 Å². The quantitative estimate of drug-likeness (QED) is 0.834. The molecular formula is C22H26N2OS. The van der Waals surface area contributed by atoms with Gasteiger partial charge in [-0.2, -0.15) is 0 Å². The maximum Gasteiger partial charge on any atom is 0.226 e. The van der Waals surface area contributed by atoms with Crippen LogP contribution in [0.3, 0.4) is 0 Å². The molecule has 1 heterocycles. The molecule has 26 heavy (non-hydrogen) atoms. The lowest BCUT2D eigenvalue weighted by molar-refractivity contribution is -0.122. The smallest absolute Gasteiger partial charge is 0.226 e. The predicted molar refractivity (Wildman–Crippen MR) is 105 cm³/mol. The Morgan fingerprint density at radius 2 is 1.73 bits per heavy atom. The average Bonchev–Trinajstić information content (AvgIpc) is 3.08. The maximum absolute atomic E-state index is 12.5. The van der Waals surface area contributed by atoms with E-state index < -0.39 is 0 Å². The van der Waals surface area contributed by atoms with Gasteiger partial charge in [-0.1, -0.05) is 30.3 Å². The molecule has 4 bridgehead atoms. The van der Waals surface area contributed by atoms with Gasteiger partial charge in [-0.05, 0) is 61.7 Å². The van der Waals surface area contributed by atoms with Gasteiger partial charge in [-0.3, -0.25) is 4.79 Å². The number of amides is 1. The van der Waals surface area contributed by atoms with Gasteiger partial charge >= 0.3 is 0 Å². The van der Waals surface area contributed by atoms with Crippen molar-refractivity contribution >= 4 is 17.2 Å². The molecule has 1 amide bonds. The van der Waals surface area contributed by atoms with E-state index in [1.165, 1.54) is 38.5 Å². The second-order valence-electron chi connectivity index (χ2n) is 8.88. The Hall–Kier alpha value is -1.68. The number of carbonyl (C=O) groups is 1. The fourth-order valence-corrected chi connectivity index (χ4v) is 6.95. The van der Waals surface area contributed by atoms with Crippen LogP contribution < -0.4 is 5.32 Å². The molecule has 4 heteroatoms. The first-order valence-electron chi connectivity index (χ1n) is 9.94. The standard InChI is InChI=1S/C22H26N2OS/c25-20(9-19-13-26-21(24-19)18-4-2-1-3-5-18)23-14-22-10-15-6-16(11-22)8-17(7-15)12-22/h1-5,13,15-17H,6-12,14H2,(H,23,25). The minimum absolute atomic E-state index is 0.130. The first-order valence-corrected chi connectivity index (χ1v) is 10.8. The molecule has 4 aliphatic carbocycles. The van der Waals surface area contributed by atoms with Crippen molar-refractivity contribution in [3.05, 3.63) is 41.4 Å². The molecule has 136 valence electrons. The highest BCUT2D eigenvalue weighted by Gasteiger charge is 2.50. The number of rotatable bonds is 5. The minimum Gasteiger partial charge on any atom is -0.355 e. The zero-order valence-electron chi connectivity index (χ0n) is 15.1. The van der Waals surface area contributed by atoms with Crippen LogP contribution in [0, 0.1) is 23.2 Å². The topological polar surface area (TPSA) is 42.0 Å². The van der Waals surface area contributed by atoms with E-state index in [0.29, 0.717) is 11.8 Å². The molecule has 0 atom stereocenters. The van der Waals surface area contributed by atoms with Crippen LogP contribution in [0.4, 0.5) is 0 Å². The number of aromatic nitrogens is 1. The third-order valence-corrected chi connectivity index (χ3v) is 7.68. The largest absolute Gasteiger partial charge is 0.355 e. The van der Waals surface area contributed by atoms with E-state index in [4.69, 9.17) is 0 Å². The van der Waals surface area contributed by atoms with E-state index in [0.717, 1.165) is 40.6 Å². The summed E-state index contributed by atoms with van der Waals surface area (Å²) < 4.78 is 0. The van der Waals surface area contributed by atoms with Crippen LogP contribution in [-0.4, -0.2) is 17.4 Å².